The Kier molecular flexibility index (Phi) is 14.1. The van der Waals surface area contributed by atoms with E-state index in [1.54, 1.807) is 0 Å². The van der Waals surface area contributed by atoms with E-state index in [-0.39, 0.29) is 159 Å². The van der Waals surface area contributed by atoms with Gasteiger partial charge in [0.2, 0.25) is 0 Å². The Hall–Kier alpha value is -1.39. The van der Waals surface area contributed by atoms with Gasteiger partial charge < -0.3 is 77.2 Å². The molecule has 3 spiro atoms. The average Bonchev–Trinajstić information content (AvgIpc) is 4.03. The molecule has 8 bridgehead atoms. The lowest BCUT2D eigenvalue weighted by Crippen LogP contribution is -2.63. The first-order valence-electron chi connectivity index (χ1n) is 29.4. The van der Waals surface area contributed by atoms with E-state index in [1.807, 2.05) is 0 Å². The Bertz CT molecular complexity index is 2070. The minimum absolute atomic E-state index is 0.00196. The molecule has 74 heavy (non-hydrogen) atoms. The molecule has 0 saturated carbocycles. The van der Waals surface area contributed by atoms with Gasteiger partial charge in [0.1, 0.15) is 12.2 Å². The minimum Gasteiger partial charge on any atom is -0.459 e. The second-order valence-corrected chi connectivity index (χ2v) is 26.0. The number of hydrogen-bond acceptors (Lipinski definition) is 17. The number of nitrogens with two attached hydrogens (primary N) is 1. The van der Waals surface area contributed by atoms with Crippen molar-refractivity contribution in [3.05, 3.63) is 12.2 Å². The fraction of sp³-hybridized carbons (Fsp3) is 0.947. The van der Waals surface area contributed by atoms with Crippen LogP contribution in [0.25, 0.3) is 0 Å². The van der Waals surface area contributed by atoms with Gasteiger partial charge in [0.25, 0.3) is 0 Å². The smallest absolute Gasteiger partial charge is 0.308 e. The van der Waals surface area contributed by atoms with Crippen LogP contribution in [0.2, 0.25) is 0 Å². The van der Waals surface area contributed by atoms with Crippen molar-refractivity contribution < 1.29 is 76.2 Å². The van der Waals surface area contributed by atoms with E-state index < -0.39 is 35.7 Å². The van der Waals surface area contributed by atoms with Crippen LogP contribution < -0.4 is 5.73 Å². The molecule has 0 amide bonds. The molecule has 17 nitrogen and oxygen atoms in total. The van der Waals surface area contributed by atoms with Gasteiger partial charge in [0.05, 0.1) is 129 Å². The number of hydrogen-bond donors (Lipinski definition) is 2. The molecule has 13 heterocycles. The summed E-state index contributed by atoms with van der Waals surface area (Å²) in [7, 11) is 0. The molecule has 0 aromatic heterocycles. The first-order valence-corrected chi connectivity index (χ1v) is 29.4. The standard InChI is InChI=1S/C57H87NO16/c1-27-16-34-9-8-30(4)61-31(5)12-14-55-15-13-37(69-55)40-20-45(71-55)54-38(64-40)11-10-35(63-54)17-49(60)68-53-33(7)52-43(65-42(53)19-39(62-34)32(27)6)21-41-46(66-52)24-57(70-41)25-47-51(74-57)29(3)23-56(73-47)22-28(2)50-44(72-56)18-36(59)48(26-58)67-50/h27-31,33-48,50-54,59H,6,8-26,58H2,1-5,7H3/t27-,28+,29+,30-,31-,33+,34?,35?,36-,37?,38+,39?,40-,41-,42+,43+,44?,45-,46-,47+,48-,50?,51+,52+,53-,54+,55+,56-,57+/m1/s1. The third kappa shape index (κ3) is 9.62. The van der Waals surface area contributed by atoms with Crippen LogP contribution in [-0.2, 0) is 71.1 Å². The molecule has 13 saturated heterocycles. The van der Waals surface area contributed by atoms with Crippen molar-refractivity contribution in [1.29, 1.82) is 0 Å². The molecule has 3 N–H and O–H groups in total. The topological polar surface area (TPSA) is 193 Å². The van der Waals surface area contributed by atoms with Gasteiger partial charge in [-0.3, -0.25) is 4.79 Å². The van der Waals surface area contributed by atoms with Crippen molar-refractivity contribution in [2.24, 2.45) is 29.4 Å². The third-order valence-corrected chi connectivity index (χ3v) is 20.4. The van der Waals surface area contributed by atoms with Crippen LogP contribution in [-0.4, -0.2) is 169 Å². The van der Waals surface area contributed by atoms with Gasteiger partial charge in [-0.25, -0.2) is 0 Å². The van der Waals surface area contributed by atoms with E-state index in [2.05, 4.69) is 48.1 Å². The summed E-state index contributed by atoms with van der Waals surface area (Å²) in [5, 5.41) is 10.9. The molecule has 29 atom stereocenters. The third-order valence-electron chi connectivity index (χ3n) is 20.4. The van der Waals surface area contributed by atoms with E-state index in [9.17, 15) is 9.90 Å². The number of aliphatic hydroxyl groups excluding tert-OH is 1. The maximum atomic E-state index is 14.5. The van der Waals surface area contributed by atoms with E-state index in [0.717, 1.165) is 56.9 Å². The number of aliphatic hydroxyl groups is 1. The molecule has 13 fully saturated rings. The number of carbonyl (C=O) groups excluding carboxylic acids is 1. The summed E-state index contributed by atoms with van der Waals surface area (Å²) in [5.74, 6) is -2.35. The molecule has 0 aliphatic carbocycles. The zero-order chi connectivity index (χ0) is 51.0. The van der Waals surface area contributed by atoms with Crippen LogP contribution in [0.3, 0.4) is 0 Å². The Morgan fingerprint density at radius 1 is 0.514 bits per heavy atom. The van der Waals surface area contributed by atoms with Gasteiger partial charge in [-0.15, -0.1) is 0 Å². The van der Waals surface area contributed by atoms with Crippen molar-refractivity contribution in [3.63, 3.8) is 0 Å². The first-order chi connectivity index (χ1) is 35.5. The molecule has 13 aliphatic heterocycles. The SMILES string of the molecule is C=C1C2C[C@@H]3O[C@H]4C[C@H]5O[C@@]6(C[C@@H]7O[C@]8(C[C@H](C)C9O[C@H](CN)[C@H](O)CC9O8)C[C@H](C)[C@@H]7O6)C[C@H]5O[C@H]4[C@H](C)[C@H]3OC(=O)CC3CC[C@@H]4O[C@@H]5C[C@@H](O[C@]6(CCC5O6)CC[C@@H](C)O[C@H](C)CCC(C[C@H]1C)O2)[C@H]4O3. The number of rotatable bonds is 1. The molecule has 6 unspecified atom stereocenters. The van der Waals surface area contributed by atoms with E-state index in [0.29, 0.717) is 57.8 Å². The number of ether oxygens (including phenoxy) is 14. The lowest BCUT2D eigenvalue weighted by molar-refractivity contribution is -0.370. The fourth-order valence-electron chi connectivity index (χ4n) is 16.8. The van der Waals surface area contributed by atoms with Gasteiger partial charge >= 0.3 is 5.97 Å². The lowest BCUT2D eigenvalue weighted by atomic mass is 9.78. The predicted molar refractivity (Wildman–Crippen MR) is 263 cm³/mol. The number of fused-ring (bicyclic) bond motifs is 11. The average molecular weight is 1040 g/mol. The summed E-state index contributed by atoms with van der Waals surface area (Å²) < 4.78 is 96.3. The molecule has 0 aromatic rings. The van der Waals surface area contributed by atoms with E-state index in [1.165, 1.54) is 0 Å². The van der Waals surface area contributed by atoms with Crippen LogP contribution in [0, 0.1) is 23.7 Å². The molecule has 13 rings (SSSR count). The summed E-state index contributed by atoms with van der Waals surface area (Å²) in [4.78, 5) is 14.5. The number of esters is 1. The zero-order valence-corrected chi connectivity index (χ0v) is 44.8. The van der Waals surface area contributed by atoms with Crippen LogP contribution in [0.1, 0.15) is 157 Å². The fourth-order valence-corrected chi connectivity index (χ4v) is 16.8. The van der Waals surface area contributed by atoms with Crippen LogP contribution in [0.5, 0.6) is 0 Å². The Labute approximate surface area is 437 Å². The zero-order valence-electron chi connectivity index (χ0n) is 44.8. The quantitative estimate of drug-likeness (QED) is 0.222. The second kappa shape index (κ2) is 20.0. The highest BCUT2D eigenvalue weighted by Gasteiger charge is 2.65. The van der Waals surface area contributed by atoms with Gasteiger partial charge in [0, 0.05) is 76.7 Å². The summed E-state index contributed by atoms with van der Waals surface area (Å²) in [5.41, 5.74) is 7.00. The van der Waals surface area contributed by atoms with Gasteiger partial charge in [-0.2, -0.15) is 0 Å². The Morgan fingerprint density at radius 3 is 2.01 bits per heavy atom. The predicted octanol–water partition coefficient (Wildman–Crippen LogP) is 6.23. The second-order valence-electron chi connectivity index (χ2n) is 26.0. The van der Waals surface area contributed by atoms with Gasteiger partial charge in [-0.05, 0) is 82.1 Å². The molecule has 0 aromatic carbocycles. The number of carbonyl (C=O) groups is 1. The summed E-state index contributed by atoms with van der Waals surface area (Å²) in [6.45, 7) is 18.0. The maximum Gasteiger partial charge on any atom is 0.308 e. The molecule has 13 aliphatic rings. The highest BCUT2D eigenvalue weighted by molar-refractivity contribution is 5.70. The Balaban J connectivity index is 0.722. The van der Waals surface area contributed by atoms with Crippen molar-refractivity contribution in [2.45, 2.75) is 309 Å². The molecule has 416 valence electrons. The normalized spacial score (nSPS) is 57.5. The summed E-state index contributed by atoms with van der Waals surface area (Å²) in [6, 6.07) is 0. The molecule has 0 radical (unpaired) electrons. The van der Waals surface area contributed by atoms with Gasteiger partial charge in [-0.1, -0.05) is 34.3 Å². The molecular weight excluding hydrogens is 955 g/mol. The van der Waals surface area contributed by atoms with Crippen molar-refractivity contribution in [2.75, 3.05) is 6.54 Å². The molecular formula is C57H87NO16. The summed E-state index contributed by atoms with van der Waals surface area (Å²) in [6.07, 6.45) is 7.00. The van der Waals surface area contributed by atoms with Crippen molar-refractivity contribution >= 4 is 5.97 Å². The Morgan fingerprint density at radius 2 is 1.18 bits per heavy atom. The highest BCUT2D eigenvalue weighted by atomic mass is 16.8. The first kappa shape index (κ1) is 52.0. The van der Waals surface area contributed by atoms with Crippen LogP contribution in [0.15, 0.2) is 12.2 Å². The summed E-state index contributed by atoms with van der Waals surface area (Å²) >= 11 is 0. The van der Waals surface area contributed by atoms with Gasteiger partial charge in [0.15, 0.2) is 17.4 Å². The van der Waals surface area contributed by atoms with Crippen LogP contribution >= 0.6 is 0 Å². The van der Waals surface area contributed by atoms with Crippen molar-refractivity contribution in [3.8, 4) is 0 Å². The van der Waals surface area contributed by atoms with E-state index in [4.69, 9.17) is 72.0 Å². The minimum atomic E-state index is -0.886. The maximum absolute atomic E-state index is 14.5. The highest BCUT2D eigenvalue weighted by Crippen LogP contribution is 2.56. The monoisotopic (exact) mass is 1040 g/mol. The van der Waals surface area contributed by atoms with Crippen molar-refractivity contribution in [1.82, 2.24) is 0 Å². The lowest BCUT2D eigenvalue weighted by Gasteiger charge is -2.54. The largest absolute Gasteiger partial charge is 0.459 e. The van der Waals surface area contributed by atoms with Crippen LogP contribution in [0.4, 0.5) is 0 Å². The van der Waals surface area contributed by atoms with E-state index >= 15 is 0 Å². The molecule has 17 heteroatoms.